The molecule has 0 saturated heterocycles. The van der Waals surface area contributed by atoms with Crippen LogP contribution in [0.4, 0.5) is 5.69 Å². The maximum atomic E-state index is 4.37. The summed E-state index contributed by atoms with van der Waals surface area (Å²) in [5, 5.41) is 3.02. The van der Waals surface area contributed by atoms with E-state index < -0.39 is 0 Å². The zero-order valence-electron chi connectivity index (χ0n) is 28.0. The van der Waals surface area contributed by atoms with Crippen molar-refractivity contribution in [1.82, 2.24) is 19.7 Å². The summed E-state index contributed by atoms with van der Waals surface area (Å²) in [5.41, 5.74) is 6.56. The van der Waals surface area contributed by atoms with Crippen molar-refractivity contribution in [2.45, 2.75) is 82.1 Å². The summed E-state index contributed by atoms with van der Waals surface area (Å²) in [6.45, 7) is 25.9. The van der Waals surface area contributed by atoms with Gasteiger partial charge in [0.05, 0.1) is 17.6 Å². The van der Waals surface area contributed by atoms with E-state index in [4.69, 9.17) is 0 Å². The number of imidazole rings is 1. The standard InChI is InChI=1S/C12H14N4.C11H17N.C4H11N.C3H6.2C2H6/c1-4-10(7-13-3)11-8-15-12-9(2)14-5-6-16(11)12;1-4-8-12(3)11-7-5-6-10(2)9-11;1-3-4-5-2;1-3-2;2*1-2/h4-8H,1-3H3;5-7,9H,4,8H2,1-3H3;5H,3-4H2,1-2H3;3H,1H2,2H3;2*1-2H3/b10-4+,13-7?;;;;;. The van der Waals surface area contributed by atoms with E-state index in [1.54, 1.807) is 19.3 Å². The molecular formula is C34H60N6. The number of fused-ring (bicyclic) bond motifs is 1. The summed E-state index contributed by atoms with van der Waals surface area (Å²) in [7, 11) is 5.86. The summed E-state index contributed by atoms with van der Waals surface area (Å²) < 4.78 is 2.03. The molecular weight excluding hydrogens is 492 g/mol. The van der Waals surface area contributed by atoms with Crippen molar-refractivity contribution in [3.05, 3.63) is 78.5 Å². The zero-order valence-corrected chi connectivity index (χ0v) is 28.0. The molecule has 40 heavy (non-hydrogen) atoms. The second-order valence-electron chi connectivity index (χ2n) is 8.25. The molecule has 0 aliphatic heterocycles. The Bertz CT molecular complexity index is 1050. The minimum absolute atomic E-state index is 0.890. The number of hydrogen-bond donors (Lipinski definition) is 1. The van der Waals surface area contributed by atoms with E-state index in [9.17, 15) is 0 Å². The van der Waals surface area contributed by atoms with Crippen molar-refractivity contribution in [3.8, 4) is 0 Å². The number of aliphatic imine (C=N–C) groups is 1. The summed E-state index contributed by atoms with van der Waals surface area (Å²) in [6, 6.07) is 8.61. The monoisotopic (exact) mass is 552 g/mol. The highest BCUT2D eigenvalue weighted by Gasteiger charge is 2.07. The highest BCUT2D eigenvalue weighted by atomic mass is 15.1. The van der Waals surface area contributed by atoms with Gasteiger partial charge in [-0.3, -0.25) is 14.4 Å². The highest BCUT2D eigenvalue weighted by Crippen LogP contribution is 2.16. The average Bonchev–Trinajstić information content (AvgIpc) is 3.41. The van der Waals surface area contributed by atoms with Crippen molar-refractivity contribution in [1.29, 1.82) is 0 Å². The van der Waals surface area contributed by atoms with Gasteiger partial charge in [0.25, 0.3) is 0 Å². The minimum Gasteiger partial charge on any atom is -0.375 e. The molecule has 3 rings (SSSR count). The predicted octanol–water partition coefficient (Wildman–Crippen LogP) is 8.84. The van der Waals surface area contributed by atoms with E-state index in [2.05, 4.69) is 83.8 Å². The lowest BCUT2D eigenvalue weighted by atomic mass is 10.2. The Morgan fingerprint density at radius 3 is 2.15 bits per heavy atom. The summed E-state index contributed by atoms with van der Waals surface area (Å²) in [6.07, 6.45) is 13.6. The fourth-order valence-corrected chi connectivity index (χ4v) is 3.27. The number of rotatable bonds is 7. The van der Waals surface area contributed by atoms with Crippen molar-refractivity contribution < 1.29 is 0 Å². The predicted molar refractivity (Wildman–Crippen MR) is 183 cm³/mol. The maximum Gasteiger partial charge on any atom is 0.158 e. The third kappa shape index (κ3) is 17.4. The van der Waals surface area contributed by atoms with Gasteiger partial charge in [-0.05, 0) is 71.8 Å². The summed E-state index contributed by atoms with van der Waals surface area (Å²) in [4.78, 5) is 14.9. The van der Waals surface area contributed by atoms with Gasteiger partial charge in [0.2, 0.25) is 0 Å². The van der Waals surface area contributed by atoms with Gasteiger partial charge in [-0.1, -0.05) is 65.8 Å². The van der Waals surface area contributed by atoms with E-state index in [1.165, 1.54) is 24.1 Å². The first kappa shape index (κ1) is 41.2. The second-order valence-corrected chi connectivity index (χ2v) is 8.25. The number of nitrogens with one attached hydrogen (secondary N) is 1. The van der Waals surface area contributed by atoms with Crippen LogP contribution in [-0.4, -0.2) is 54.8 Å². The molecule has 2 aromatic heterocycles. The third-order valence-corrected chi connectivity index (χ3v) is 4.98. The van der Waals surface area contributed by atoms with Crippen LogP contribution in [-0.2, 0) is 0 Å². The average molecular weight is 553 g/mol. The highest BCUT2D eigenvalue weighted by molar-refractivity contribution is 6.09. The molecule has 0 spiro atoms. The molecule has 3 aromatic rings. The molecule has 2 heterocycles. The van der Waals surface area contributed by atoms with Crippen LogP contribution in [0.1, 0.15) is 85.2 Å². The Morgan fingerprint density at radius 2 is 1.70 bits per heavy atom. The van der Waals surface area contributed by atoms with E-state index in [-0.39, 0.29) is 0 Å². The number of allylic oxidation sites excluding steroid dienone is 3. The Hall–Kier alpha value is -3.25. The molecule has 0 fully saturated rings. The lowest BCUT2D eigenvalue weighted by molar-refractivity contribution is 0.772. The van der Waals surface area contributed by atoms with Crippen LogP contribution >= 0.6 is 0 Å². The molecule has 1 N–H and O–H groups in total. The fourth-order valence-electron chi connectivity index (χ4n) is 3.27. The van der Waals surface area contributed by atoms with E-state index >= 15 is 0 Å². The molecule has 6 heteroatoms. The molecule has 0 amide bonds. The maximum absolute atomic E-state index is 4.37. The number of benzene rings is 1. The van der Waals surface area contributed by atoms with Crippen LogP contribution in [0.5, 0.6) is 0 Å². The van der Waals surface area contributed by atoms with Gasteiger partial charge in [-0.15, -0.1) is 6.58 Å². The SMILES string of the molecule is C/C=C(\C=NC)c1cnc2c(C)nccn12.C=CC.CC.CC.CCCN(C)c1cccc(C)c1.CCCNC. The van der Waals surface area contributed by atoms with Crippen molar-refractivity contribution in [2.24, 2.45) is 4.99 Å². The van der Waals surface area contributed by atoms with Crippen LogP contribution in [0.3, 0.4) is 0 Å². The topological polar surface area (TPSA) is 57.8 Å². The molecule has 1 aromatic carbocycles. The normalized spacial score (nSPS) is 9.78. The second kappa shape index (κ2) is 28.8. The lowest BCUT2D eigenvalue weighted by Crippen LogP contribution is -2.17. The molecule has 6 nitrogen and oxygen atoms in total. The molecule has 0 aliphatic rings. The van der Waals surface area contributed by atoms with Crippen LogP contribution in [0, 0.1) is 13.8 Å². The number of nitrogens with zero attached hydrogens (tertiary/aromatic N) is 5. The van der Waals surface area contributed by atoms with Gasteiger partial charge in [-0.25, -0.2) is 4.98 Å². The quantitative estimate of drug-likeness (QED) is 0.235. The Balaban J connectivity index is -0.000000502. The van der Waals surface area contributed by atoms with Crippen LogP contribution in [0.2, 0.25) is 0 Å². The summed E-state index contributed by atoms with van der Waals surface area (Å²) in [5.74, 6) is 0. The molecule has 0 aliphatic carbocycles. The van der Waals surface area contributed by atoms with Crippen molar-refractivity contribution in [2.75, 3.05) is 39.1 Å². The smallest absolute Gasteiger partial charge is 0.158 e. The number of aryl methyl sites for hydroxylation is 2. The number of hydrogen-bond acceptors (Lipinski definition) is 5. The van der Waals surface area contributed by atoms with E-state index in [0.717, 1.165) is 35.7 Å². The van der Waals surface area contributed by atoms with Gasteiger partial charge < -0.3 is 10.2 Å². The minimum atomic E-state index is 0.890. The van der Waals surface area contributed by atoms with Crippen molar-refractivity contribution >= 4 is 23.1 Å². The molecule has 0 atom stereocenters. The van der Waals surface area contributed by atoms with Crippen LogP contribution < -0.4 is 10.2 Å². The molecule has 0 saturated carbocycles. The first-order chi connectivity index (χ1) is 19.3. The first-order valence-electron chi connectivity index (χ1n) is 14.7. The van der Waals surface area contributed by atoms with Gasteiger partial charge in [-0.2, -0.15) is 0 Å². The molecule has 226 valence electrons. The van der Waals surface area contributed by atoms with Gasteiger partial charge in [0, 0.05) is 50.5 Å². The summed E-state index contributed by atoms with van der Waals surface area (Å²) >= 11 is 0. The van der Waals surface area contributed by atoms with Gasteiger partial charge >= 0.3 is 0 Å². The Kier molecular flexibility index (Phi) is 29.6. The largest absolute Gasteiger partial charge is 0.375 e. The lowest BCUT2D eigenvalue weighted by Gasteiger charge is -2.18. The van der Waals surface area contributed by atoms with E-state index in [0.29, 0.717) is 0 Å². The third-order valence-electron chi connectivity index (χ3n) is 4.98. The van der Waals surface area contributed by atoms with E-state index in [1.807, 2.05) is 84.6 Å². The zero-order chi connectivity index (χ0) is 31.3. The van der Waals surface area contributed by atoms with Crippen LogP contribution in [0.15, 0.2) is 66.6 Å². The molecule has 0 radical (unpaired) electrons. The first-order valence-corrected chi connectivity index (χ1v) is 14.7. The number of aromatic nitrogens is 3. The Labute approximate surface area is 247 Å². The van der Waals surface area contributed by atoms with Gasteiger partial charge in [0.1, 0.15) is 0 Å². The molecule has 0 unspecified atom stereocenters. The number of anilines is 1. The molecule has 0 bridgehead atoms. The fraction of sp³-hybridized carbons (Fsp3) is 0.500. The Morgan fingerprint density at radius 1 is 1.07 bits per heavy atom. The van der Waals surface area contributed by atoms with Crippen molar-refractivity contribution in [3.63, 3.8) is 0 Å². The van der Waals surface area contributed by atoms with Gasteiger partial charge in [0.15, 0.2) is 5.65 Å². The van der Waals surface area contributed by atoms with Crippen LogP contribution in [0.25, 0.3) is 11.2 Å².